The fraction of sp³-hybridized carbons (Fsp3) is 0.333. The van der Waals surface area contributed by atoms with Gasteiger partial charge in [-0.1, -0.05) is 0 Å². The fourth-order valence-electron chi connectivity index (χ4n) is 5.26. The molecule has 1 atom stereocenters. The van der Waals surface area contributed by atoms with Crippen LogP contribution in [0.1, 0.15) is 65.5 Å². The first-order valence-electron chi connectivity index (χ1n) is 11.0. The van der Waals surface area contributed by atoms with Gasteiger partial charge in [0, 0.05) is 0 Å². The van der Waals surface area contributed by atoms with E-state index in [1.54, 1.807) is 25.4 Å². The molecule has 1 aliphatic rings. The van der Waals surface area contributed by atoms with Gasteiger partial charge in [0.25, 0.3) is 0 Å². The molecule has 0 N–H and O–H groups in total. The van der Waals surface area contributed by atoms with E-state index in [4.69, 9.17) is 0 Å². The molecule has 3 aromatic carbocycles. The second-order valence-corrected chi connectivity index (χ2v) is 11.4. The topological polar surface area (TPSA) is 0 Å². The van der Waals surface area contributed by atoms with Crippen molar-refractivity contribution >= 4 is 23.8 Å². The van der Waals surface area contributed by atoms with Gasteiger partial charge in [-0.25, -0.2) is 0 Å². The van der Waals surface area contributed by atoms with E-state index in [2.05, 4.69) is 97.5 Å². The summed E-state index contributed by atoms with van der Waals surface area (Å²) in [6, 6.07) is 16.4. The van der Waals surface area contributed by atoms with Gasteiger partial charge in [0.15, 0.2) is 0 Å². The van der Waals surface area contributed by atoms with Gasteiger partial charge >= 0.3 is 191 Å². The molecule has 0 nitrogen and oxygen atoms in total. The number of unbranched alkanes of at least 4 members (excludes halogenated alkanes) is 1. The summed E-state index contributed by atoms with van der Waals surface area (Å²) in [5, 5.41) is 3.32. The third-order valence-electron chi connectivity index (χ3n) is 6.71. The van der Waals surface area contributed by atoms with Crippen molar-refractivity contribution in [2.45, 2.75) is 59.8 Å². The number of fused-ring (bicyclic) bond motifs is 3. The van der Waals surface area contributed by atoms with E-state index in [9.17, 15) is 0 Å². The molecule has 0 saturated carbocycles. The average Bonchev–Trinajstić information content (AvgIpc) is 2.99. The van der Waals surface area contributed by atoms with Gasteiger partial charge in [-0.2, -0.15) is 0 Å². The molecule has 1 aliphatic carbocycles. The summed E-state index contributed by atoms with van der Waals surface area (Å²) in [7, 11) is -0.512. The largest absolute Gasteiger partial charge is 1.00 e. The van der Waals surface area contributed by atoms with Crippen LogP contribution in [0.15, 0.2) is 42.5 Å². The molecule has 0 fully saturated rings. The molecule has 4 rings (SSSR count). The first-order chi connectivity index (χ1) is 13.9. The van der Waals surface area contributed by atoms with Crippen LogP contribution in [0.5, 0.6) is 0 Å². The van der Waals surface area contributed by atoms with Crippen LogP contribution < -0.4 is 51.5 Å². The SMILES string of the molecule is CCCCC1c2ccccc2-c2cc(C)c([SiH2]c3c(C)cc(C)cc3C)[c]([Ti+3])c21.[Cl-].[Cl-].[Cl-]. The van der Waals surface area contributed by atoms with Crippen molar-refractivity contribution in [3.05, 3.63) is 75.8 Å². The van der Waals surface area contributed by atoms with E-state index in [0.717, 1.165) is 0 Å². The molecule has 1 unspecified atom stereocenters. The van der Waals surface area contributed by atoms with E-state index in [1.807, 2.05) is 0 Å². The molecular formula is C27H31Cl3SiTi. The van der Waals surface area contributed by atoms with E-state index < -0.39 is 9.52 Å². The number of rotatable bonds is 5. The van der Waals surface area contributed by atoms with Gasteiger partial charge in [0.2, 0.25) is 0 Å². The summed E-state index contributed by atoms with van der Waals surface area (Å²) >= 11 is 2.41. The third kappa shape index (κ3) is 5.40. The zero-order chi connectivity index (χ0) is 20.7. The van der Waals surface area contributed by atoms with Gasteiger partial charge in [-0.05, 0) is 0 Å². The van der Waals surface area contributed by atoms with Crippen molar-refractivity contribution in [1.29, 1.82) is 0 Å². The predicted octanol–water partition coefficient (Wildman–Crippen LogP) is -4.47. The first kappa shape index (κ1) is 29.5. The average molecular weight is 538 g/mol. The van der Waals surface area contributed by atoms with Crippen LogP contribution in [-0.4, -0.2) is 9.52 Å². The normalized spacial score (nSPS) is 13.8. The molecule has 5 heteroatoms. The summed E-state index contributed by atoms with van der Waals surface area (Å²) in [4.78, 5) is 0. The number of hydrogen-bond acceptors (Lipinski definition) is 0. The summed E-state index contributed by atoms with van der Waals surface area (Å²) in [6.45, 7) is 11.5. The minimum absolute atomic E-state index is 0. The van der Waals surface area contributed by atoms with Crippen molar-refractivity contribution in [2.24, 2.45) is 0 Å². The van der Waals surface area contributed by atoms with E-state index in [0.29, 0.717) is 5.92 Å². The first-order valence-corrected chi connectivity index (χ1v) is 13.2. The molecule has 0 saturated heterocycles. The maximum Gasteiger partial charge on any atom is -1.00 e. The van der Waals surface area contributed by atoms with Crippen LogP contribution in [0.3, 0.4) is 0 Å². The van der Waals surface area contributed by atoms with Crippen molar-refractivity contribution in [1.82, 2.24) is 0 Å². The molecular weight excluding hydrogens is 507 g/mol. The van der Waals surface area contributed by atoms with Crippen molar-refractivity contribution in [2.75, 3.05) is 0 Å². The van der Waals surface area contributed by atoms with Gasteiger partial charge in [0.05, 0.1) is 0 Å². The number of hydrogen-bond donors (Lipinski definition) is 0. The van der Waals surface area contributed by atoms with Crippen LogP contribution in [-0.2, 0) is 20.4 Å². The summed E-state index contributed by atoms with van der Waals surface area (Å²) in [5.74, 6) is 0.578. The number of aryl methyl sites for hydroxylation is 4. The molecule has 0 bridgehead atoms. The molecule has 168 valence electrons. The molecule has 32 heavy (non-hydrogen) atoms. The summed E-state index contributed by atoms with van der Waals surface area (Å²) < 4.78 is 1.59. The Hall–Kier alpha value is -0.539. The Kier molecular flexibility index (Phi) is 11.3. The van der Waals surface area contributed by atoms with Gasteiger partial charge < -0.3 is 37.2 Å². The van der Waals surface area contributed by atoms with Crippen LogP contribution in [0.2, 0.25) is 0 Å². The standard InChI is InChI=1S/C27H31Si.3ClH.Ti/c1-6-7-10-22-21-11-8-9-12-23(21)24-15-18(3)26(16-25(22)24)28-27-19(4)13-17(2)14-20(27)5;;;;/h8-9,11-15,22H,6-7,10,28H2,1-5H3;3*1H;/q;;;;+3/p-3. The molecule has 0 spiro atoms. The number of benzene rings is 3. The molecule has 0 aromatic heterocycles. The van der Waals surface area contributed by atoms with Crippen molar-refractivity contribution in [3.8, 4) is 11.1 Å². The Morgan fingerprint density at radius 2 is 1.41 bits per heavy atom. The van der Waals surface area contributed by atoms with Gasteiger partial charge in [-0.15, -0.1) is 0 Å². The smallest absolute Gasteiger partial charge is 1.00 e. The summed E-state index contributed by atoms with van der Waals surface area (Å²) in [6.07, 6.45) is 3.84. The predicted molar refractivity (Wildman–Crippen MR) is 126 cm³/mol. The van der Waals surface area contributed by atoms with Crippen LogP contribution in [0.4, 0.5) is 0 Å². The summed E-state index contributed by atoms with van der Waals surface area (Å²) in [5.41, 5.74) is 12.0. The Morgan fingerprint density at radius 3 is 2.03 bits per heavy atom. The van der Waals surface area contributed by atoms with Gasteiger partial charge in [0.1, 0.15) is 0 Å². The maximum atomic E-state index is 2.51. The van der Waals surface area contributed by atoms with Crippen molar-refractivity contribution < 1.29 is 57.7 Å². The minimum atomic E-state index is -0.512. The second kappa shape index (κ2) is 12.2. The molecule has 3 aromatic rings. The molecule has 0 amide bonds. The van der Waals surface area contributed by atoms with Crippen LogP contribution in [0.25, 0.3) is 11.1 Å². The van der Waals surface area contributed by atoms with Crippen molar-refractivity contribution in [3.63, 3.8) is 0 Å². The Bertz CT molecular complexity index is 1070. The quantitative estimate of drug-likeness (QED) is 0.288. The molecule has 0 aliphatic heterocycles. The van der Waals surface area contributed by atoms with E-state index in [1.165, 1.54) is 52.6 Å². The Balaban J connectivity index is 0.00000171. The van der Waals surface area contributed by atoms with Crippen LogP contribution >= 0.6 is 0 Å². The van der Waals surface area contributed by atoms with Gasteiger partial charge in [-0.3, -0.25) is 0 Å². The minimum Gasteiger partial charge on any atom is -1.00 e. The second-order valence-electron chi connectivity index (χ2n) is 8.84. The Labute approximate surface area is 226 Å². The molecule has 0 heterocycles. The van der Waals surface area contributed by atoms with E-state index in [-0.39, 0.29) is 37.2 Å². The van der Waals surface area contributed by atoms with Crippen LogP contribution in [0, 0.1) is 27.7 Å². The Morgan fingerprint density at radius 1 is 0.812 bits per heavy atom. The maximum absolute atomic E-state index is 2.51. The zero-order valence-electron chi connectivity index (χ0n) is 19.6. The zero-order valence-corrected chi connectivity index (χ0v) is 24.8. The number of halogens is 3. The van der Waals surface area contributed by atoms with E-state index >= 15 is 0 Å². The fourth-order valence-corrected chi connectivity index (χ4v) is 8.33. The molecule has 0 radical (unpaired) electrons. The monoisotopic (exact) mass is 536 g/mol. The third-order valence-corrected chi connectivity index (χ3v) is 10.9.